The monoisotopic (exact) mass is 386 g/mol. The molecule has 1 saturated carbocycles. The van der Waals surface area contributed by atoms with Crippen molar-refractivity contribution in [3.8, 4) is 22.4 Å². The van der Waals surface area contributed by atoms with Crippen LogP contribution in [0.25, 0.3) is 27.9 Å². The number of pyridine rings is 2. The summed E-state index contributed by atoms with van der Waals surface area (Å²) in [7, 11) is 0. The van der Waals surface area contributed by atoms with Gasteiger partial charge in [0.05, 0.1) is 5.52 Å². The smallest absolute Gasteiger partial charge is 0.123 e. The molecule has 0 bridgehead atoms. The summed E-state index contributed by atoms with van der Waals surface area (Å²) in [6.45, 7) is 0. The highest BCUT2D eigenvalue weighted by Gasteiger charge is 2.22. The molecule has 4 nitrogen and oxygen atoms in total. The fourth-order valence-corrected chi connectivity index (χ4v) is 4.45. The summed E-state index contributed by atoms with van der Waals surface area (Å²) < 4.78 is 15.4. The molecular formula is C24H23FN4. The van der Waals surface area contributed by atoms with Gasteiger partial charge in [0.25, 0.3) is 0 Å². The molecule has 5 rings (SSSR count). The standard InChI is InChI=1S/C24H23FN4/c25-20-7-4-17(5-8-20)24-23(16-10-12-27-13-11-16)22-9-6-19(15-29(22)28-24)18-2-1-3-21(26)14-18/h4-13,15,18,21H,1-3,14,26H2/t18-,21+/m1/s1. The van der Waals surface area contributed by atoms with Crippen LogP contribution in [0, 0.1) is 5.82 Å². The van der Waals surface area contributed by atoms with Crippen LogP contribution in [0.4, 0.5) is 4.39 Å². The van der Waals surface area contributed by atoms with E-state index < -0.39 is 0 Å². The normalized spacial score (nSPS) is 19.5. The minimum Gasteiger partial charge on any atom is -0.328 e. The lowest BCUT2D eigenvalue weighted by molar-refractivity contribution is 0.392. The molecule has 3 heterocycles. The quantitative estimate of drug-likeness (QED) is 0.527. The van der Waals surface area contributed by atoms with Crippen molar-refractivity contribution in [3.63, 3.8) is 0 Å². The average molecular weight is 386 g/mol. The van der Waals surface area contributed by atoms with E-state index in [0.717, 1.165) is 40.7 Å². The average Bonchev–Trinajstić information content (AvgIpc) is 3.13. The first-order chi connectivity index (χ1) is 14.2. The van der Waals surface area contributed by atoms with E-state index in [4.69, 9.17) is 10.8 Å². The van der Waals surface area contributed by atoms with Crippen molar-refractivity contribution in [1.29, 1.82) is 0 Å². The van der Waals surface area contributed by atoms with Crippen LogP contribution in [-0.4, -0.2) is 20.6 Å². The van der Waals surface area contributed by atoms with E-state index in [2.05, 4.69) is 23.3 Å². The van der Waals surface area contributed by atoms with Crippen molar-refractivity contribution in [2.24, 2.45) is 5.73 Å². The third kappa shape index (κ3) is 3.42. The first kappa shape index (κ1) is 18.0. The van der Waals surface area contributed by atoms with Crippen molar-refractivity contribution in [3.05, 3.63) is 78.5 Å². The number of halogens is 1. The molecule has 1 aliphatic carbocycles. The predicted octanol–water partition coefficient (Wildman–Crippen LogP) is 5.19. The first-order valence-corrected chi connectivity index (χ1v) is 10.1. The summed E-state index contributed by atoms with van der Waals surface area (Å²) in [6, 6.07) is 15.1. The highest BCUT2D eigenvalue weighted by Crippen LogP contribution is 2.37. The lowest BCUT2D eigenvalue weighted by Gasteiger charge is -2.26. The van der Waals surface area contributed by atoms with E-state index in [1.807, 2.05) is 16.6 Å². The van der Waals surface area contributed by atoms with Gasteiger partial charge in [0, 0.05) is 35.8 Å². The molecule has 0 radical (unpaired) electrons. The number of nitrogens with zero attached hydrogens (tertiary/aromatic N) is 3. The second kappa shape index (κ2) is 7.41. The Labute approximate surface area is 169 Å². The van der Waals surface area contributed by atoms with E-state index in [1.165, 1.54) is 30.5 Å². The Morgan fingerprint density at radius 3 is 2.48 bits per heavy atom. The predicted molar refractivity (Wildman–Crippen MR) is 113 cm³/mol. The Balaban J connectivity index is 1.67. The van der Waals surface area contributed by atoms with Crippen LogP contribution in [0.3, 0.4) is 0 Å². The molecule has 0 saturated heterocycles. The molecule has 3 aromatic heterocycles. The summed E-state index contributed by atoms with van der Waals surface area (Å²) in [5.41, 5.74) is 12.3. The van der Waals surface area contributed by atoms with Crippen LogP contribution in [0.15, 0.2) is 67.1 Å². The maximum Gasteiger partial charge on any atom is 0.123 e. The van der Waals surface area contributed by atoms with Gasteiger partial charge >= 0.3 is 0 Å². The van der Waals surface area contributed by atoms with Crippen molar-refractivity contribution >= 4 is 5.52 Å². The molecule has 1 aliphatic rings. The van der Waals surface area contributed by atoms with Gasteiger partial charge in [0.15, 0.2) is 0 Å². The number of aromatic nitrogens is 3. The van der Waals surface area contributed by atoms with Crippen LogP contribution in [-0.2, 0) is 0 Å². The van der Waals surface area contributed by atoms with Crippen LogP contribution < -0.4 is 5.73 Å². The fourth-order valence-electron chi connectivity index (χ4n) is 4.45. The Morgan fingerprint density at radius 2 is 1.72 bits per heavy atom. The molecular weight excluding hydrogens is 363 g/mol. The lowest BCUT2D eigenvalue weighted by Crippen LogP contribution is -2.26. The molecule has 5 heteroatoms. The van der Waals surface area contributed by atoms with Crippen molar-refractivity contribution in [2.45, 2.75) is 37.6 Å². The second-order valence-corrected chi connectivity index (χ2v) is 7.88. The van der Waals surface area contributed by atoms with E-state index in [-0.39, 0.29) is 11.9 Å². The Kier molecular flexibility index (Phi) is 4.60. The minimum atomic E-state index is -0.251. The number of rotatable bonds is 3. The molecule has 1 fully saturated rings. The molecule has 0 unspecified atom stereocenters. The number of benzene rings is 1. The van der Waals surface area contributed by atoms with Crippen molar-refractivity contribution in [2.75, 3.05) is 0 Å². The number of hydrogen-bond donors (Lipinski definition) is 1. The summed E-state index contributed by atoms with van der Waals surface area (Å²) in [5.74, 6) is 0.227. The van der Waals surface area contributed by atoms with Gasteiger partial charge < -0.3 is 5.73 Å². The zero-order valence-corrected chi connectivity index (χ0v) is 16.1. The summed E-state index contributed by atoms with van der Waals surface area (Å²) in [6.07, 6.45) is 10.2. The Hall–Kier alpha value is -3.05. The van der Waals surface area contributed by atoms with Gasteiger partial charge in [-0.05, 0) is 78.8 Å². The van der Waals surface area contributed by atoms with Gasteiger partial charge in [-0.15, -0.1) is 0 Å². The summed E-state index contributed by atoms with van der Waals surface area (Å²) in [5, 5.41) is 4.91. The van der Waals surface area contributed by atoms with Crippen LogP contribution >= 0.6 is 0 Å². The Bertz CT molecular complexity index is 1130. The van der Waals surface area contributed by atoms with E-state index in [0.29, 0.717) is 5.92 Å². The van der Waals surface area contributed by atoms with Crippen LogP contribution in [0.2, 0.25) is 0 Å². The zero-order valence-electron chi connectivity index (χ0n) is 16.1. The summed E-state index contributed by atoms with van der Waals surface area (Å²) in [4.78, 5) is 4.14. The summed E-state index contributed by atoms with van der Waals surface area (Å²) >= 11 is 0. The van der Waals surface area contributed by atoms with Gasteiger partial charge in [0.1, 0.15) is 11.5 Å². The van der Waals surface area contributed by atoms with Crippen LogP contribution in [0.1, 0.15) is 37.2 Å². The number of fused-ring (bicyclic) bond motifs is 1. The third-order valence-electron chi connectivity index (χ3n) is 5.93. The van der Waals surface area contributed by atoms with E-state index in [1.54, 1.807) is 24.5 Å². The van der Waals surface area contributed by atoms with Gasteiger partial charge in [-0.2, -0.15) is 5.10 Å². The molecule has 0 spiro atoms. The van der Waals surface area contributed by atoms with E-state index in [9.17, 15) is 4.39 Å². The highest BCUT2D eigenvalue weighted by molar-refractivity contribution is 5.92. The van der Waals surface area contributed by atoms with Crippen molar-refractivity contribution < 1.29 is 4.39 Å². The molecule has 4 aromatic rings. The van der Waals surface area contributed by atoms with Gasteiger partial charge in [-0.1, -0.05) is 12.5 Å². The fraction of sp³-hybridized carbons (Fsp3) is 0.250. The maximum atomic E-state index is 13.5. The third-order valence-corrected chi connectivity index (χ3v) is 5.93. The largest absolute Gasteiger partial charge is 0.328 e. The maximum absolute atomic E-state index is 13.5. The van der Waals surface area contributed by atoms with Crippen molar-refractivity contribution in [1.82, 2.24) is 14.6 Å². The van der Waals surface area contributed by atoms with Crippen LogP contribution in [0.5, 0.6) is 0 Å². The molecule has 2 N–H and O–H groups in total. The lowest BCUT2D eigenvalue weighted by atomic mass is 9.82. The zero-order chi connectivity index (χ0) is 19.8. The molecule has 0 aliphatic heterocycles. The minimum absolute atomic E-state index is 0.251. The van der Waals surface area contributed by atoms with Gasteiger partial charge in [-0.3, -0.25) is 4.98 Å². The molecule has 1 aromatic carbocycles. The molecule has 146 valence electrons. The topological polar surface area (TPSA) is 56.2 Å². The van der Waals surface area contributed by atoms with Gasteiger partial charge in [-0.25, -0.2) is 8.91 Å². The Morgan fingerprint density at radius 1 is 0.931 bits per heavy atom. The number of nitrogens with two attached hydrogens (primary N) is 1. The SMILES string of the molecule is N[C@H]1CCC[C@@H](c2ccc3c(-c4ccncc4)c(-c4ccc(F)cc4)nn3c2)C1. The molecule has 29 heavy (non-hydrogen) atoms. The first-order valence-electron chi connectivity index (χ1n) is 10.1. The van der Waals surface area contributed by atoms with Gasteiger partial charge in [0.2, 0.25) is 0 Å². The molecule has 2 atom stereocenters. The van der Waals surface area contributed by atoms with E-state index >= 15 is 0 Å². The second-order valence-electron chi connectivity index (χ2n) is 7.88. The highest BCUT2D eigenvalue weighted by atomic mass is 19.1. The number of hydrogen-bond acceptors (Lipinski definition) is 3. The molecule has 0 amide bonds.